The molecule has 6 heteroatoms. The fourth-order valence-corrected chi connectivity index (χ4v) is 3.37. The number of ether oxygens (including phenoxy) is 2. The van der Waals surface area contributed by atoms with Gasteiger partial charge in [0.15, 0.2) is 0 Å². The highest BCUT2D eigenvalue weighted by Gasteiger charge is 2.25. The Morgan fingerprint density at radius 2 is 1.70 bits per heavy atom. The topological polar surface area (TPSA) is 73.6 Å². The van der Waals surface area contributed by atoms with Crippen LogP contribution in [0, 0.1) is 12.3 Å². The lowest BCUT2D eigenvalue weighted by molar-refractivity contribution is -0.158. The van der Waals surface area contributed by atoms with Gasteiger partial charge in [-0.15, -0.1) is 0 Å². The zero-order valence-electron chi connectivity index (χ0n) is 20.3. The Bertz CT molecular complexity index is 1060. The summed E-state index contributed by atoms with van der Waals surface area (Å²) in [4.78, 5) is 12.1. The van der Waals surface area contributed by atoms with Crippen LogP contribution in [0.1, 0.15) is 57.9 Å². The Morgan fingerprint density at radius 3 is 2.27 bits per heavy atom. The van der Waals surface area contributed by atoms with Crippen LogP contribution in [-0.2, 0) is 9.53 Å². The summed E-state index contributed by atoms with van der Waals surface area (Å²) in [6.45, 7) is 9.39. The molecule has 0 amide bonds. The summed E-state index contributed by atoms with van der Waals surface area (Å²) in [5.41, 5.74) is 3.98. The molecule has 1 N–H and O–H groups in total. The van der Waals surface area contributed by atoms with Gasteiger partial charge in [0.1, 0.15) is 5.75 Å². The van der Waals surface area contributed by atoms with E-state index >= 15 is 0 Å². The molecule has 0 bridgehead atoms. The number of hydrogen-bond donors (Lipinski definition) is 1. The summed E-state index contributed by atoms with van der Waals surface area (Å²) in [5.74, 6) is 0.525. The van der Waals surface area contributed by atoms with Crippen molar-refractivity contribution >= 4 is 5.97 Å². The van der Waals surface area contributed by atoms with Crippen molar-refractivity contribution in [3.8, 4) is 22.7 Å². The Morgan fingerprint density at radius 1 is 1.06 bits per heavy atom. The SMILES string of the molecule is COc1ccc(-n2nc(C(O)CCC(C)OC(=O)C(C)(C)C)cc2-c2ccc(C)cc2)cc1. The van der Waals surface area contributed by atoms with Crippen molar-refractivity contribution < 1.29 is 19.4 Å². The maximum absolute atomic E-state index is 12.1. The third-order valence-electron chi connectivity index (χ3n) is 5.50. The van der Waals surface area contributed by atoms with E-state index in [4.69, 9.17) is 14.6 Å². The third kappa shape index (κ3) is 6.23. The predicted octanol–water partition coefficient (Wildman–Crippen LogP) is 5.65. The maximum atomic E-state index is 12.1. The average molecular weight is 451 g/mol. The molecule has 0 aliphatic heterocycles. The molecule has 0 fully saturated rings. The molecule has 6 nitrogen and oxygen atoms in total. The van der Waals surface area contributed by atoms with Gasteiger partial charge < -0.3 is 14.6 Å². The van der Waals surface area contributed by atoms with Gasteiger partial charge in [-0.2, -0.15) is 5.10 Å². The minimum atomic E-state index is -0.774. The second kappa shape index (κ2) is 10.2. The predicted molar refractivity (Wildman–Crippen MR) is 129 cm³/mol. The number of nitrogens with zero attached hydrogens (tertiary/aromatic N) is 2. The van der Waals surface area contributed by atoms with Crippen LogP contribution in [0.5, 0.6) is 5.75 Å². The molecule has 3 rings (SSSR count). The number of aryl methyl sites for hydroxylation is 1. The zero-order chi connectivity index (χ0) is 24.2. The van der Waals surface area contributed by atoms with Crippen LogP contribution in [0.25, 0.3) is 16.9 Å². The number of carbonyl (C=O) groups excluding carboxylic acids is 1. The smallest absolute Gasteiger partial charge is 0.311 e. The molecule has 1 heterocycles. The molecule has 3 aromatic rings. The molecule has 2 unspecified atom stereocenters. The second-order valence-corrected chi connectivity index (χ2v) is 9.49. The van der Waals surface area contributed by atoms with Crippen molar-refractivity contribution in [2.45, 2.75) is 59.7 Å². The number of methoxy groups -OCH3 is 1. The Kier molecular flexibility index (Phi) is 7.59. The van der Waals surface area contributed by atoms with Crippen LogP contribution in [0.3, 0.4) is 0 Å². The van der Waals surface area contributed by atoms with Crippen LogP contribution in [0.2, 0.25) is 0 Å². The molecule has 33 heavy (non-hydrogen) atoms. The largest absolute Gasteiger partial charge is 0.497 e. The van der Waals surface area contributed by atoms with Crippen molar-refractivity contribution in [2.75, 3.05) is 7.11 Å². The number of aliphatic hydroxyl groups excluding tert-OH is 1. The summed E-state index contributed by atoms with van der Waals surface area (Å²) in [6, 6.07) is 17.8. The minimum absolute atomic E-state index is 0.241. The first-order valence-electron chi connectivity index (χ1n) is 11.3. The molecule has 2 aromatic carbocycles. The van der Waals surface area contributed by atoms with Gasteiger partial charge in [-0.05, 0) is 77.8 Å². The normalized spacial score (nSPS) is 13.4. The van der Waals surface area contributed by atoms with Gasteiger partial charge in [0.2, 0.25) is 0 Å². The van der Waals surface area contributed by atoms with Crippen LogP contribution in [0.4, 0.5) is 0 Å². The highest BCUT2D eigenvalue weighted by molar-refractivity contribution is 5.75. The second-order valence-electron chi connectivity index (χ2n) is 9.49. The van der Waals surface area contributed by atoms with Crippen molar-refractivity contribution in [1.29, 1.82) is 0 Å². The number of rotatable bonds is 8. The van der Waals surface area contributed by atoms with Crippen molar-refractivity contribution in [1.82, 2.24) is 9.78 Å². The first kappa shape index (κ1) is 24.5. The lowest BCUT2D eigenvalue weighted by atomic mass is 9.97. The first-order valence-corrected chi connectivity index (χ1v) is 11.3. The van der Waals surface area contributed by atoms with Gasteiger partial charge in [0, 0.05) is 5.56 Å². The van der Waals surface area contributed by atoms with Crippen molar-refractivity contribution in [3.63, 3.8) is 0 Å². The molecule has 0 spiro atoms. The van der Waals surface area contributed by atoms with Gasteiger partial charge in [0.05, 0.1) is 41.8 Å². The Balaban J connectivity index is 1.83. The van der Waals surface area contributed by atoms with E-state index in [-0.39, 0.29) is 12.1 Å². The van der Waals surface area contributed by atoms with E-state index in [0.29, 0.717) is 18.5 Å². The van der Waals surface area contributed by atoms with E-state index < -0.39 is 11.5 Å². The Hall–Kier alpha value is -3.12. The summed E-state index contributed by atoms with van der Waals surface area (Å²) < 4.78 is 12.6. The lowest BCUT2D eigenvalue weighted by Crippen LogP contribution is -2.27. The standard InChI is InChI=1S/C27H34N2O4/c1-18-7-10-20(11-8-18)24-17-23(28-29(24)21-12-14-22(32-6)15-13-21)25(30)16-9-19(2)33-26(31)27(3,4)5/h7-8,10-15,17,19,25,30H,9,16H2,1-6H3. The van der Waals surface area contributed by atoms with E-state index in [9.17, 15) is 9.90 Å². The fraction of sp³-hybridized carbons (Fsp3) is 0.407. The molecule has 176 valence electrons. The van der Waals surface area contributed by atoms with Gasteiger partial charge in [-0.3, -0.25) is 4.79 Å². The van der Waals surface area contributed by atoms with Crippen LogP contribution >= 0.6 is 0 Å². The number of aliphatic hydroxyl groups is 1. The fourth-order valence-electron chi connectivity index (χ4n) is 3.37. The van der Waals surface area contributed by atoms with Crippen molar-refractivity contribution in [3.05, 3.63) is 65.9 Å². The average Bonchev–Trinajstić information content (AvgIpc) is 3.23. The number of benzene rings is 2. The number of hydrogen-bond acceptors (Lipinski definition) is 5. The Labute approximate surface area is 196 Å². The minimum Gasteiger partial charge on any atom is -0.497 e. The van der Waals surface area contributed by atoms with Gasteiger partial charge >= 0.3 is 5.97 Å². The number of aromatic nitrogens is 2. The molecule has 0 aliphatic rings. The van der Waals surface area contributed by atoms with Gasteiger partial charge in [0.25, 0.3) is 0 Å². The maximum Gasteiger partial charge on any atom is 0.311 e. The molecule has 0 radical (unpaired) electrons. The molecule has 1 aromatic heterocycles. The molecular weight excluding hydrogens is 416 g/mol. The van der Waals surface area contributed by atoms with Crippen LogP contribution < -0.4 is 4.74 Å². The highest BCUT2D eigenvalue weighted by atomic mass is 16.5. The summed E-state index contributed by atoms with van der Waals surface area (Å²) in [6.07, 6.45) is -0.0832. The van der Waals surface area contributed by atoms with Crippen molar-refractivity contribution in [2.24, 2.45) is 5.41 Å². The summed E-state index contributed by atoms with van der Waals surface area (Å²) in [5, 5.41) is 15.6. The summed E-state index contributed by atoms with van der Waals surface area (Å²) >= 11 is 0. The summed E-state index contributed by atoms with van der Waals surface area (Å²) in [7, 11) is 1.63. The third-order valence-corrected chi connectivity index (χ3v) is 5.50. The first-order chi connectivity index (χ1) is 15.6. The zero-order valence-corrected chi connectivity index (χ0v) is 20.3. The lowest BCUT2D eigenvalue weighted by Gasteiger charge is -2.21. The van der Waals surface area contributed by atoms with Gasteiger partial charge in [-0.1, -0.05) is 29.8 Å². The number of esters is 1. The van der Waals surface area contributed by atoms with E-state index in [2.05, 4.69) is 24.3 Å². The molecule has 0 saturated carbocycles. The van der Waals surface area contributed by atoms with Crippen LogP contribution in [-0.4, -0.2) is 34.1 Å². The monoisotopic (exact) mass is 450 g/mol. The van der Waals surface area contributed by atoms with E-state index in [1.165, 1.54) is 5.56 Å². The van der Waals surface area contributed by atoms with Crippen LogP contribution in [0.15, 0.2) is 54.6 Å². The quantitative estimate of drug-likeness (QED) is 0.449. The molecule has 0 aliphatic carbocycles. The molecular formula is C27H34N2O4. The molecule has 2 atom stereocenters. The molecule has 0 saturated heterocycles. The van der Waals surface area contributed by atoms with E-state index in [1.54, 1.807) is 7.11 Å². The van der Waals surface area contributed by atoms with E-state index in [1.807, 2.05) is 69.6 Å². The number of carbonyl (C=O) groups is 1. The van der Waals surface area contributed by atoms with Gasteiger partial charge in [-0.25, -0.2) is 4.68 Å². The van der Waals surface area contributed by atoms with E-state index in [0.717, 1.165) is 22.7 Å². The highest BCUT2D eigenvalue weighted by Crippen LogP contribution is 2.29.